The molecule has 2 N–H and O–H groups in total. The number of amides is 1. The van der Waals surface area contributed by atoms with Crippen molar-refractivity contribution in [2.45, 2.75) is 18.7 Å². The van der Waals surface area contributed by atoms with E-state index in [1.807, 2.05) is 13.8 Å². The van der Waals surface area contributed by atoms with E-state index in [-0.39, 0.29) is 10.3 Å². The molecule has 16 heteroatoms. The Morgan fingerprint density at radius 3 is 2.50 bits per heavy atom. The highest BCUT2D eigenvalue weighted by atomic mass is 32.2. The number of fused-ring (bicyclic) bond motifs is 4. The van der Waals surface area contributed by atoms with Crippen molar-refractivity contribution in [2.75, 3.05) is 28.6 Å². The highest BCUT2D eigenvalue weighted by Gasteiger charge is 2.45. The van der Waals surface area contributed by atoms with Crippen molar-refractivity contribution in [3.8, 4) is 11.5 Å². The molecule has 2 aliphatic heterocycles. The molecule has 12 nitrogen and oxygen atoms in total. The third-order valence-corrected chi connectivity index (χ3v) is 9.91. The Morgan fingerprint density at radius 2 is 1.79 bits per heavy atom. The van der Waals surface area contributed by atoms with Crippen LogP contribution in [0, 0.1) is 0 Å². The third-order valence-electron chi connectivity index (χ3n) is 5.23. The number of ether oxygens (including phenoxy) is 2. The number of aromatic nitrogens is 1. The zero-order valence-electron chi connectivity index (χ0n) is 19.9. The lowest BCUT2D eigenvalue weighted by Gasteiger charge is -2.23. The van der Waals surface area contributed by atoms with Gasteiger partial charge in [0.05, 0.1) is 29.1 Å². The van der Waals surface area contributed by atoms with Gasteiger partial charge < -0.3 is 14.6 Å². The van der Waals surface area contributed by atoms with Gasteiger partial charge in [-0.05, 0) is 62.0 Å². The molecule has 1 aromatic heterocycles. The van der Waals surface area contributed by atoms with Crippen LogP contribution in [0.25, 0.3) is 10.2 Å². The summed E-state index contributed by atoms with van der Waals surface area (Å²) in [5.41, 5.74) is 0.854. The lowest BCUT2D eigenvalue weighted by Crippen LogP contribution is -2.41. The maximum Gasteiger partial charge on any atom is 0.293 e. The quantitative estimate of drug-likeness (QED) is 0.291. The lowest BCUT2D eigenvalue weighted by molar-refractivity contribution is -0.113. The molecule has 0 aliphatic carbocycles. The minimum absolute atomic E-state index is 0.000411. The smallest absolute Gasteiger partial charge is 0.293 e. The Morgan fingerprint density at radius 1 is 1.11 bits per heavy atom. The van der Waals surface area contributed by atoms with Gasteiger partial charge in [-0.15, -0.1) is 4.40 Å². The van der Waals surface area contributed by atoms with Crippen molar-refractivity contribution in [2.24, 2.45) is 4.40 Å². The summed E-state index contributed by atoms with van der Waals surface area (Å²) >= 11 is 1.98. The number of hydrogen-bond donors (Lipinski definition) is 2. The van der Waals surface area contributed by atoms with Gasteiger partial charge in [0, 0.05) is 4.90 Å². The number of amidine groups is 1. The zero-order valence-corrected chi connectivity index (χ0v) is 23.1. The van der Waals surface area contributed by atoms with Crippen LogP contribution in [-0.2, 0) is 24.8 Å². The molecule has 2 aliphatic rings. The minimum atomic E-state index is -4.69. The van der Waals surface area contributed by atoms with Crippen LogP contribution in [0.4, 0.5) is 10.8 Å². The summed E-state index contributed by atoms with van der Waals surface area (Å²) in [6.45, 7) is 4.51. The van der Waals surface area contributed by atoms with Gasteiger partial charge in [0.2, 0.25) is 10.0 Å². The van der Waals surface area contributed by atoms with Crippen LogP contribution in [-0.4, -0.2) is 57.0 Å². The van der Waals surface area contributed by atoms with Crippen LogP contribution < -0.4 is 19.1 Å². The van der Waals surface area contributed by atoms with Gasteiger partial charge in [-0.3, -0.25) is 14.4 Å². The molecule has 0 fully saturated rings. The Kier molecular flexibility index (Phi) is 6.75. The van der Waals surface area contributed by atoms with Crippen LogP contribution in [0.1, 0.15) is 13.8 Å². The molecule has 1 amide bonds. The normalized spacial score (nSPS) is 17.6. The van der Waals surface area contributed by atoms with Crippen molar-refractivity contribution in [3.05, 3.63) is 47.1 Å². The number of thiazole rings is 1. The van der Waals surface area contributed by atoms with Crippen LogP contribution in [0.3, 0.4) is 0 Å². The van der Waals surface area contributed by atoms with E-state index >= 15 is 0 Å². The molecule has 3 aromatic rings. The Labute approximate surface area is 226 Å². The second kappa shape index (κ2) is 9.76. The molecular formula is C22H20N4O8S4. The standard InChI is InChI=1S/C22H20N4O8S4/c1-3-33-12-5-7-14-17(9-12)35-21(23-14)24-37(29,30)11-16(27)19-20(28)26-15-8-6-13(34-4-2)10-18(15)36-22(26)25-38(19,31)32/h5-10,27H,3-4,11H2,1-2H3,(H,23,24)/b19-16-. The molecular weight excluding hydrogens is 577 g/mol. The van der Waals surface area contributed by atoms with Crippen molar-refractivity contribution >= 4 is 75.3 Å². The number of sulfonamides is 2. The van der Waals surface area contributed by atoms with E-state index in [0.717, 1.165) is 28.0 Å². The Balaban J connectivity index is 1.43. The van der Waals surface area contributed by atoms with E-state index in [4.69, 9.17) is 9.47 Å². The summed E-state index contributed by atoms with van der Waals surface area (Å²) in [5, 5.41) is 10.5. The summed E-state index contributed by atoms with van der Waals surface area (Å²) in [6, 6.07) is 9.87. The Hall–Kier alpha value is -3.34. The molecule has 38 heavy (non-hydrogen) atoms. The first kappa shape index (κ1) is 26.3. The van der Waals surface area contributed by atoms with E-state index in [1.54, 1.807) is 36.4 Å². The molecule has 0 spiro atoms. The maximum atomic E-state index is 13.3. The molecule has 200 valence electrons. The molecule has 0 saturated heterocycles. The van der Waals surface area contributed by atoms with Crippen LogP contribution in [0.2, 0.25) is 0 Å². The third kappa shape index (κ3) is 4.91. The number of aliphatic hydroxyl groups excluding tert-OH is 1. The first-order valence-electron chi connectivity index (χ1n) is 11.1. The summed E-state index contributed by atoms with van der Waals surface area (Å²) in [5.74, 6) is -2.34. The van der Waals surface area contributed by atoms with E-state index in [2.05, 4.69) is 14.1 Å². The lowest BCUT2D eigenvalue weighted by atomic mass is 10.2. The number of hydrogen-bond acceptors (Lipinski definition) is 11. The number of anilines is 2. The monoisotopic (exact) mass is 596 g/mol. The second-order valence-electron chi connectivity index (χ2n) is 7.87. The number of thioether (sulfide) groups is 1. The number of nitrogens with zero attached hydrogens (tertiary/aromatic N) is 3. The highest BCUT2D eigenvalue weighted by molar-refractivity contribution is 8.16. The molecule has 5 rings (SSSR count). The second-order valence-corrected chi connectivity index (χ2v) is 13.2. The predicted molar refractivity (Wildman–Crippen MR) is 145 cm³/mol. The van der Waals surface area contributed by atoms with Gasteiger partial charge in [-0.25, -0.2) is 13.4 Å². The molecule has 0 radical (unpaired) electrons. The van der Waals surface area contributed by atoms with Gasteiger partial charge >= 0.3 is 0 Å². The van der Waals surface area contributed by atoms with Gasteiger partial charge in [-0.1, -0.05) is 11.3 Å². The highest BCUT2D eigenvalue weighted by Crippen LogP contribution is 2.45. The first-order chi connectivity index (χ1) is 18.0. The molecule has 2 aromatic carbocycles. The number of carbonyl (C=O) groups excluding carboxylic acids is 1. The van der Waals surface area contributed by atoms with Crippen molar-refractivity contribution in [1.82, 2.24) is 4.98 Å². The van der Waals surface area contributed by atoms with Crippen molar-refractivity contribution < 1.29 is 36.2 Å². The van der Waals surface area contributed by atoms with Gasteiger partial charge in [0.25, 0.3) is 15.9 Å². The number of rotatable bonds is 8. The topological polar surface area (TPSA) is 165 Å². The number of benzene rings is 2. The maximum absolute atomic E-state index is 13.3. The average molecular weight is 597 g/mol. The van der Waals surface area contributed by atoms with Crippen LogP contribution in [0.15, 0.2) is 56.4 Å². The summed E-state index contributed by atoms with van der Waals surface area (Å²) in [7, 11) is -9.05. The van der Waals surface area contributed by atoms with Crippen molar-refractivity contribution in [1.29, 1.82) is 0 Å². The van der Waals surface area contributed by atoms with E-state index in [9.17, 15) is 26.7 Å². The predicted octanol–water partition coefficient (Wildman–Crippen LogP) is 3.44. The number of aliphatic hydroxyl groups is 1. The molecule has 3 heterocycles. The fraction of sp³-hybridized carbons (Fsp3) is 0.227. The number of nitrogens with one attached hydrogen (secondary N) is 1. The van der Waals surface area contributed by atoms with Gasteiger partial charge in [0.1, 0.15) is 23.0 Å². The van der Waals surface area contributed by atoms with Gasteiger partial charge in [0.15, 0.2) is 15.2 Å². The van der Waals surface area contributed by atoms with Crippen LogP contribution >= 0.6 is 23.1 Å². The van der Waals surface area contributed by atoms with E-state index < -0.39 is 42.4 Å². The Bertz CT molecular complexity index is 1750. The van der Waals surface area contributed by atoms with Crippen LogP contribution in [0.5, 0.6) is 11.5 Å². The fourth-order valence-electron chi connectivity index (χ4n) is 3.77. The molecule has 0 unspecified atom stereocenters. The van der Waals surface area contributed by atoms with Crippen molar-refractivity contribution in [3.63, 3.8) is 0 Å². The summed E-state index contributed by atoms with van der Waals surface area (Å²) < 4.78 is 68.6. The first-order valence-corrected chi connectivity index (χ1v) is 15.8. The number of carbonyl (C=O) groups is 1. The largest absolute Gasteiger partial charge is 0.509 e. The van der Waals surface area contributed by atoms with E-state index in [0.29, 0.717) is 45.5 Å². The SMILES string of the molecule is CCOc1ccc2c(c1)SC1=NS(=O)(=O)/C(=C(\O)CS(=O)(=O)Nc3nc4ccc(OCC)cc4s3)C(=O)N12. The summed E-state index contributed by atoms with van der Waals surface area (Å²) in [4.78, 5) is 17.9. The minimum Gasteiger partial charge on any atom is -0.509 e. The summed E-state index contributed by atoms with van der Waals surface area (Å²) in [6.07, 6.45) is 0. The zero-order chi connectivity index (χ0) is 27.2. The molecule has 0 bridgehead atoms. The molecule has 0 saturated carbocycles. The molecule has 0 atom stereocenters. The average Bonchev–Trinajstić information content (AvgIpc) is 3.37. The fourth-order valence-corrected chi connectivity index (χ4v) is 8.46. The van der Waals surface area contributed by atoms with E-state index in [1.165, 1.54) is 0 Å². The van der Waals surface area contributed by atoms with Gasteiger partial charge in [-0.2, -0.15) is 8.42 Å².